The predicted molar refractivity (Wildman–Crippen MR) is 138 cm³/mol. The summed E-state index contributed by atoms with van der Waals surface area (Å²) in [4.78, 5) is 63.2. The number of fused-ring (bicyclic) bond motifs is 2. The maximum atomic E-state index is 13.1. The molecular weight excluding hydrogens is 548 g/mol. The van der Waals surface area contributed by atoms with Gasteiger partial charge in [-0.1, -0.05) is 25.7 Å². The number of ether oxygens (including phenoxy) is 6. The number of alkyl halides is 1. The third-order valence-electron chi connectivity index (χ3n) is 8.72. The molecular formula is C28H35ClO11. The van der Waals surface area contributed by atoms with Crippen LogP contribution < -0.4 is 0 Å². The van der Waals surface area contributed by atoms with Gasteiger partial charge in [-0.2, -0.15) is 0 Å². The smallest absolute Gasteiger partial charge is 0.312 e. The van der Waals surface area contributed by atoms with Crippen molar-refractivity contribution in [2.24, 2.45) is 17.3 Å². The lowest BCUT2D eigenvalue weighted by Crippen LogP contribution is -2.75. The Morgan fingerprint density at radius 1 is 0.925 bits per heavy atom. The molecule has 40 heavy (non-hydrogen) atoms. The number of rotatable bonds is 4. The molecule has 0 unspecified atom stereocenters. The second-order valence-corrected chi connectivity index (χ2v) is 11.7. The normalized spacial score (nSPS) is 42.3. The zero-order chi connectivity index (χ0) is 29.9. The number of carbonyl (C=O) groups is 5. The van der Waals surface area contributed by atoms with E-state index in [0.717, 1.165) is 0 Å². The van der Waals surface area contributed by atoms with E-state index < -0.39 is 94.7 Å². The van der Waals surface area contributed by atoms with Crippen LogP contribution in [0.1, 0.15) is 54.4 Å². The third-order valence-corrected chi connectivity index (χ3v) is 9.23. The van der Waals surface area contributed by atoms with Gasteiger partial charge >= 0.3 is 29.8 Å². The van der Waals surface area contributed by atoms with Crippen LogP contribution in [-0.4, -0.2) is 77.4 Å². The molecule has 3 saturated heterocycles. The van der Waals surface area contributed by atoms with Gasteiger partial charge in [0.25, 0.3) is 0 Å². The van der Waals surface area contributed by atoms with Gasteiger partial charge in [0.1, 0.15) is 18.3 Å². The van der Waals surface area contributed by atoms with Crippen molar-refractivity contribution in [3.8, 4) is 0 Å². The van der Waals surface area contributed by atoms with Gasteiger partial charge in [0, 0.05) is 33.6 Å². The van der Waals surface area contributed by atoms with E-state index in [1.807, 2.05) is 0 Å². The molecule has 11 atom stereocenters. The van der Waals surface area contributed by atoms with Crippen LogP contribution >= 0.6 is 11.6 Å². The second kappa shape index (κ2) is 10.5. The van der Waals surface area contributed by atoms with Crippen molar-refractivity contribution in [2.45, 2.75) is 102 Å². The van der Waals surface area contributed by atoms with Gasteiger partial charge in [0.2, 0.25) is 0 Å². The Kier molecular flexibility index (Phi) is 7.87. The van der Waals surface area contributed by atoms with Crippen molar-refractivity contribution in [1.29, 1.82) is 0 Å². The van der Waals surface area contributed by atoms with E-state index >= 15 is 0 Å². The Balaban J connectivity index is 2.11. The minimum absolute atomic E-state index is 0.204. The van der Waals surface area contributed by atoms with E-state index in [4.69, 9.17) is 40.0 Å². The van der Waals surface area contributed by atoms with E-state index in [1.54, 1.807) is 13.8 Å². The van der Waals surface area contributed by atoms with Crippen LogP contribution in [0.2, 0.25) is 0 Å². The molecule has 0 amide bonds. The molecule has 4 fully saturated rings. The first-order valence-electron chi connectivity index (χ1n) is 13.1. The second-order valence-electron chi connectivity index (χ2n) is 11.2. The molecule has 12 heteroatoms. The summed E-state index contributed by atoms with van der Waals surface area (Å²) in [6, 6.07) is 0. The summed E-state index contributed by atoms with van der Waals surface area (Å²) in [7, 11) is 0. The Morgan fingerprint density at radius 3 is 2.02 bits per heavy atom. The predicted octanol–water partition coefficient (Wildman–Crippen LogP) is 2.56. The van der Waals surface area contributed by atoms with E-state index in [1.165, 1.54) is 27.7 Å². The molecule has 0 aromatic rings. The lowest BCUT2D eigenvalue weighted by Gasteiger charge is -2.61. The summed E-state index contributed by atoms with van der Waals surface area (Å²) in [5.41, 5.74) is -2.33. The zero-order valence-corrected chi connectivity index (χ0v) is 24.1. The first-order chi connectivity index (χ1) is 18.6. The molecule has 220 valence electrons. The maximum absolute atomic E-state index is 13.1. The molecule has 1 spiro atoms. The lowest BCUT2D eigenvalue weighted by atomic mass is 9.53. The monoisotopic (exact) mass is 582 g/mol. The van der Waals surface area contributed by atoms with Gasteiger partial charge in [-0.25, -0.2) is 0 Å². The summed E-state index contributed by atoms with van der Waals surface area (Å²) < 4.78 is 36.0. The highest BCUT2D eigenvalue weighted by atomic mass is 35.5. The Labute approximate surface area is 237 Å². The fourth-order valence-corrected chi connectivity index (χ4v) is 7.49. The van der Waals surface area contributed by atoms with Crippen LogP contribution in [0.3, 0.4) is 0 Å². The number of hydrogen-bond acceptors (Lipinski definition) is 11. The quantitative estimate of drug-likeness (QED) is 0.209. The fraction of sp³-hybridized carbons (Fsp3) is 0.679. The molecule has 1 aliphatic carbocycles. The zero-order valence-electron chi connectivity index (χ0n) is 23.4. The van der Waals surface area contributed by atoms with Crippen molar-refractivity contribution >= 4 is 41.4 Å². The first-order valence-corrected chi connectivity index (χ1v) is 13.6. The molecule has 4 aliphatic rings. The van der Waals surface area contributed by atoms with E-state index in [9.17, 15) is 24.0 Å². The summed E-state index contributed by atoms with van der Waals surface area (Å²) in [6.07, 6.45) is -6.58. The number of esters is 5. The van der Waals surface area contributed by atoms with Crippen LogP contribution in [0.4, 0.5) is 0 Å². The van der Waals surface area contributed by atoms with E-state index in [2.05, 4.69) is 13.2 Å². The largest absolute Gasteiger partial charge is 0.462 e. The molecule has 0 N–H and O–H groups in total. The van der Waals surface area contributed by atoms with Gasteiger partial charge in [-0.15, -0.1) is 11.6 Å². The average molecular weight is 583 g/mol. The topological polar surface area (TPSA) is 141 Å². The van der Waals surface area contributed by atoms with E-state index in [-0.39, 0.29) is 12.0 Å². The summed E-state index contributed by atoms with van der Waals surface area (Å²) in [6.45, 7) is 16.4. The molecule has 0 aromatic heterocycles. The number of halogens is 1. The molecule has 0 aromatic carbocycles. The molecule has 3 heterocycles. The highest BCUT2D eigenvalue weighted by molar-refractivity contribution is 6.23. The third kappa shape index (κ3) is 4.51. The van der Waals surface area contributed by atoms with Crippen LogP contribution in [-0.2, 0) is 52.4 Å². The van der Waals surface area contributed by atoms with Crippen molar-refractivity contribution in [2.75, 3.05) is 0 Å². The van der Waals surface area contributed by atoms with Gasteiger partial charge in [-0.05, 0) is 25.3 Å². The molecule has 2 bridgehead atoms. The average Bonchev–Trinajstić information content (AvgIpc) is 3.09. The lowest BCUT2D eigenvalue weighted by molar-refractivity contribution is -0.294. The fourth-order valence-electron chi connectivity index (χ4n) is 7.12. The summed E-state index contributed by atoms with van der Waals surface area (Å²) in [5, 5.41) is -1.05. The van der Waals surface area contributed by atoms with Crippen LogP contribution in [0, 0.1) is 17.3 Å². The minimum atomic E-state index is -1.69. The van der Waals surface area contributed by atoms with Crippen molar-refractivity contribution in [1.82, 2.24) is 0 Å². The number of hydrogen-bond donors (Lipinski definition) is 0. The first kappa shape index (κ1) is 30.0. The van der Waals surface area contributed by atoms with Crippen LogP contribution in [0.25, 0.3) is 0 Å². The molecule has 1 saturated carbocycles. The SMILES string of the molecule is C=C1CC[C@H](OC(C)=O)[C@@]2(C)[C@H]1[C@@H](OC(C)=O)[C@@]13O[C@H](C(=C)[C@H](Cl)[C@@H]1OC(=O)[C@@H]3C)[C@@H](OC(C)=O)[C@@H]2OC(C)=O. The molecule has 3 aliphatic heterocycles. The highest BCUT2D eigenvalue weighted by Crippen LogP contribution is 2.61. The van der Waals surface area contributed by atoms with Crippen LogP contribution in [0.5, 0.6) is 0 Å². The van der Waals surface area contributed by atoms with E-state index in [0.29, 0.717) is 12.0 Å². The van der Waals surface area contributed by atoms with Gasteiger partial charge in [0.15, 0.2) is 23.9 Å². The van der Waals surface area contributed by atoms with Crippen molar-refractivity contribution in [3.05, 3.63) is 24.3 Å². The van der Waals surface area contributed by atoms with Gasteiger partial charge in [-0.3, -0.25) is 24.0 Å². The van der Waals surface area contributed by atoms with Gasteiger partial charge in [0.05, 0.1) is 16.7 Å². The Morgan fingerprint density at radius 2 is 1.48 bits per heavy atom. The van der Waals surface area contributed by atoms with Gasteiger partial charge < -0.3 is 28.4 Å². The minimum Gasteiger partial charge on any atom is -0.462 e. The summed E-state index contributed by atoms with van der Waals surface area (Å²) in [5.74, 6) is -5.30. The molecule has 11 nitrogen and oxygen atoms in total. The summed E-state index contributed by atoms with van der Waals surface area (Å²) >= 11 is 6.89. The molecule has 4 rings (SSSR count). The number of carbonyl (C=O) groups excluding carboxylic acids is 5. The van der Waals surface area contributed by atoms with Crippen molar-refractivity contribution in [3.63, 3.8) is 0 Å². The Bertz CT molecular complexity index is 1160. The molecule has 0 radical (unpaired) electrons. The van der Waals surface area contributed by atoms with Crippen LogP contribution in [0.15, 0.2) is 24.3 Å². The highest BCUT2D eigenvalue weighted by Gasteiger charge is 2.75. The van der Waals surface area contributed by atoms with Crippen molar-refractivity contribution < 1.29 is 52.4 Å². The maximum Gasteiger partial charge on any atom is 0.312 e. The Hall–Kier alpha value is -2.92. The standard InChI is InChI=1S/C28H35ClO11/c1-11-9-10-18(35-14(4)30)27(8)19(11)23(37-16(6)32)28-13(3)26(34)39-24(28)20(29)12(2)21(40-28)22(36-15(5)31)25(27)38-17(7)33/h13,18-25H,1-2,9-10H2,3-8H3/t13-,18-,19+,20-,21+,22+,23+,24-,25-,27-,28+/m0/s1.